The number of rotatable bonds is 15. The van der Waals surface area contributed by atoms with Crippen molar-refractivity contribution in [1.29, 1.82) is 0 Å². The standard InChI is InChI=1S/C30H42F2N4O3/c1-5-22-11-13-24(25(6-2)35-22)27-18-21-10-12-23(19-26(21)36(27)7-3)38-16-8-14-30(31,32)15-9-17-39-28(37)29(4,34)20-33/h10-13,18-19H,5-9,14-17,20,33-34H2,1-4H3. The van der Waals surface area contributed by atoms with Gasteiger partial charge in [0.2, 0.25) is 5.92 Å². The van der Waals surface area contributed by atoms with E-state index in [1.165, 1.54) is 6.92 Å². The molecule has 0 bridgehead atoms. The third-order valence-corrected chi connectivity index (χ3v) is 6.96. The zero-order valence-corrected chi connectivity index (χ0v) is 23.6. The van der Waals surface area contributed by atoms with Crippen LogP contribution in [0.1, 0.15) is 64.8 Å². The summed E-state index contributed by atoms with van der Waals surface area (Å²) in [5, 5.41) is 1.09. The van der Waals surface area contributed by atoms with Crippen LogP contribution in [0.15, 0.2) is 36.4 Å². The summed E-state index contributed by atoms with van der Waals surface area (Å²) < 4.78 is 41.7. The van der Waals surface area contributed by atoms with Gasteiger partial charge in [-0.25, -0.2) is 8.78 Å². The number of benzene rings is 1. The molecule has 0 aliphatic heterocycles. The van der Waals surface area contributed by atoms with Crippen LogP contribution in [0.2, 0.25) is 0 Å². The van der Waals surface area contributed by atoms with Gasteiger partial charge in [-0.15, -0.1) is 0 Å². The summed E-state index contributed by atoms with van der Waals surface area (Å²) >= 11 is 0. The van der Waals surface area contributed by atoms with Gasteiger partial charge < -0.3 is 25.5 Å². The third-order valence-electron chi connectivity index (χ3n) is 6.96. The Morgan fingerprint density at radius 3 is 2.38 bits per heavy atom. The molecule has 0 aliphatic rings. The smallest absolute Gasteiger partial charge is 0.327 e. The van der Waals surface area contributed by atoms with E-state index in [0.29, 0.717) is 5.75 Å². The van der Waals surface area contributed by atoms with Crippen LogP contribution in [0.5, 0.6) is 5.75 Å². The molecule has 0 spiro atoms. The molecule has 0 amide bonds. The second-order valence-corrected chi connectivity index (χ2v) is 10.2. The highest BCUT2D eigenvalue weighted by Gasteiger charge is 2.30. The molecule has 0 radical (unpaired) electrons. The monoisotopic (exact) mass is 544 g/mol. The predicted molar refractivity (Wildman–Crippen MR) is 151 cm³/mol. The molecule has 1 aromatic carbocycles. The van der Waals surface area contributed by atoms with E-state index in [1.54, 1.807) is 0 Å². The van der Waals surface area contributed by atoms with Crippen molar-refractivity contribution in [2.45, 2.75) is 84.2 Å². The normalized spacial score (nSPS) is 13.4. The number of hydrogen-bond donors (Lipinski definition) is 2. The molecule has 2 heterocycles. The molecule has 1 unspecified atom stereocenters. The molecule has 39 heavy (non-hydrogen) atoms. The maximum atomic E-state index is 14.3. The van der Waals surface area contributed by atoms with E-state index in [9.17, 15) is 13.6 Å². The summed E-state index contributed by atoms with van der Waals surface area (Å²) in [7, 11) is 0. The minimum atomic E-state index is -2.87. The van der Waals surface area contributed by atoms with Gasteiger partial charge in [0, 0.05) is 54.3 Å². The van der Waals surface area contributed by atoms with Crippen molar-refractivity contribution in [3.8, 4) is 17.0 Å². The number of aryl methyl sites for hydroxylation is 3. The van der Waals surface area contributed by atoms with Crippen molar-refractivity contribution in [2.75, 3.05) is 19.8 Å². The Kier molecular flexibility index (Phi) is 10.4. The number of pyridine rings is 1. The van der Waals surface area contributed by atoms with Gasteiger partial charge in [0.15, 0.2) is 0 Å². The second-order valence-electron chi connectivity index (χ2n) is 10.2. The lowest BCUT2D eigenvalue weighted by Crippen LogP contribution is -2.52. The summed E-state index contributed by atoms with van der Waals surface area (Å²) in [5.41, 5.74) is 15.2. The van der Waals surface area contributed by atoms with Gasteiger partial charge in [0.25, 0.3) is 0 Å². The molecule has 214 valence electrons. The number of carbonyl (C=O) groups excluding carboxylic acids is 1. The number of esters is 1. The number of aromatic nitrogens is 2. The fraction of sp³-hybridized carbons (Fsp3) is 0.533. The largest absolute Gasteiger partial charge is 0.494 e. The van der Waals surface area contributed by atoms with Crippen molar-refractivity contribution in [3.63, 3.8) is 0 Å². The fourth-order valence-electron chi connectivity index (χ4n) is 4.52. The summed E-state index contributed by atoms with van der Waals surface area (Å²) in [4.78, 5) is 16.6. The highest BCUT2D eigenvalue weighted by molar-refractivity contribution is 5.88. The van der Waals surface area contributed by atoms with Gasteiger partial charge in [-0.05, 0) is 69.9 Å². The van der Waals surface area contributed by atoms with E-state index in [2.05, 4.69) is 43.5 Å². The Morgan fingerprint density at radius 2 is 1.74 bits per heavy atom. The van der Waals surface area contributed by atoms with Gasteiger partial charge in [-0.2, -0.15) is 0 Å². The van der Waals surface area contributed by atoms with E-state index < -0.39 is 17.4 Å². The van der Waals surface area contributed by atoms with Gasteiger partial charge >= 0.3 is 5.97 Å². The van der Waals surface area contributed by atoms with E-state index in [4.69, 9.17) is 25.9 Å². The lowest BCUT2D eigenvalue weighted by Gasteiger charge is -2.21. The summed E-state index contributed by atoms with van der Waals surface area (Å²) in [6, 6.07) is 12.3. The SMILES string of the molecule is CCc1ccc(-c2cc3ccc(OCCCC(F)(F)CCCOC(=O)C(C)(N)CN)cc3n2CC)c(CC)n1. The first-order valence-corrected chi connectivity index (χ1v) is 13.8. The number of nitrogens with two attached hydrogens (primary N) is 2. The van der Waals surface area contributed by atoms with Gasteiger partial charge in [-0.1, -0.05) is 13.8 Å². The predicted octanol–water partition coefficient (Wildman–Crippen LogP) is 5.64. The lowest BCUT2D eigenvalue weighted by molar-refractivity contribution is -0.149. The zero-order chi connectivity index (χ0) is 28.6. The van der Waals surface area contributed by atoms with Gasteiger partial charge in [0.1, 0.15) is 11.3 Å². The lowest BCUT2D eigenvalue weighted by atomic mass is 10.1. The molecule has 1 atom stereocenters. The number of ether oxygens (including phenoxy) is 2. The molecule has 0 saturated carbocycles. The van der Waals surface area contributed by atoms with Crippen LogP contribution in [0.4, 0.5) is 8.78 Å². The minimum Gasteiger partial charge on any atom is -0.494 e. The molecule has 0 fully saturated rings. The number of nitrogens with zero attached hydrogens (tertiary/aromatic N) is 2. The van der Waals surface area contributed by atoms with E-state index in [0.717, 1.165) is 52.9 Å². The van der Waals surface area contributed by atoms with Crippen LogP contribution >= 0.6 is 0 Å². The maximum Gasteiger partial charge on any atom is 0.327 e. The Bertz CT molecular complexity index is 1260. The molecule has 7 nitrogen and oxygen atoms in total. The number of halogens is 2. The van der Waals surface area contributed by atoms with E-state index >= 15 is 0 Å². The van der Waals surface area contributed by atoms with E-state index in [1.807, 2.05) is 18.2 Å². The Balaban J connectivity index is 1.57. The Hall–Kier alpha value is -3.04. The van der Waals surface area contributed by atoms with Crippen molar-refractivity contribution in [1.82, 2.24) is 9.55 Å². The molecule has 0 aliphatic carbocycles. The number of hydrogen-bond acceptors (Lipinski definition) is 6. The summed E-state index contributed by atoms with van der Waals surface area (Å²) in [5.74, 6) is -2.90. The molecular weight excluding hydrogens is 502 g/mol. The van der Waals surface area contributed by atoms with Crippen LogP contribution in [-0.2, 0) is 28.9 Å². The average Bonchev–Trinajstić information content (AvgIpc) is 3.30. The summed E-state index contributed by atoms with van der Waals surface area (Å²) in [6.45, 7) is 8.54. The first kappa shape index (κ1) is 30.5. The van der Waals surface area contributed by atoms with E-state index in [-0.39, 0.29) is 45.4 Å². The van der Waals surface area contributed by atoms with Crippen LogP contribution in [-0.4, -0.2) is 46.7 Å². The van der Waals surface area contributed by atoms with Crippen molar-refractivity contribution in [3.05, 3.63) is 47.8 Å². The average molecular weight is 545 g/mol. The van der Waals surface area contributed by atoms with Crippen molar-refractivity contribution < 1.29 is 23.0 Å². The van der Waals surface area contributed by atoms with Crippen LogP contribution in [0.3, 0.4) is 0 Å². The Morgan fingerprint density at radius 1 is 1.03 bits per heavy atom. The molecule has 0 saturated heterocycles. The molecular formula is C30H42F2N4O3. The summed E-state index contributed by atoms with van der Waals surface area (Å²) in [6.07, 6.45) is 1.31. The minimum absolute atomic E-state index is 0.0453. The molecule has 2 aromatic heterocycles. The van der Waals surface area contributed by atoms with Gasteiger partial charge in [-0.3, -0.25) is 9.78 Å². The highest BCUT2D eigenvalue weighted by Crippen LogP contribution is 2.33. The topological polar surface area (TPSA) is 105 Å². The number of alkyl halides is 2. The van der Waals surface area contributed by atoms with Crippen LogP contribution in [0, 0.1) is 0 Å². The number of carbonyl (C=O) groups is 1. The third kappa shape index (κ3) is 7.76. The van der Waals surface area contributed by atoms with Crippen LogP contribution in [0.25, 0.3) is 22.2 Å². The zero-order valence-electron chi connectivity index (χ0n) is 23.6. The maximum absolute atomic E-state index is 14.3. The molecule has 4 N–H and O–H groups in total. The fourth-order valence-corrected chi connectivity index (χ4v) is 4.52. The van der Waals surface area contributed by atoms with Crippen molar-refractivity contribution in [2.24, 2.45) is 11.5 Å². The quantitative estimate of drug-likeness (QED) is 0.189. The highest BCUT2D eigenvalue weighted by atomic mass is 19.3. The van der Waals surface area contributed by atoms with Crippen LogP contribution < -0.4 is 16.2 Å². The van der Waals surface area contributed by atoms with Gasteiger partial charge in [0.05, 0.1) is 24.4 Å². The molecule has 3 aromatic rings. The first-order valence-electron chi connectivity index (χ1n) is 13.8. The Labute approximate surface area is 229 Å². The van der Waals surface area contributed by atoms with Crippen molar-refractivity contribution >= 4 is 16.9 Å². The molecule has 3 rings (SSSR count). The molecule has 9 heteroatoms. The first-order chi connectivity index (χ1) is 18.5. The second kappa shape index (κ2) is 13.3. The number of fused-ring (bicyclic) bond motifs is 1.